The van der Waals surface area contributed by atoms with Gasteiger partial charge in [-0.2, -0.15) is 0 Å². The Bertz CT molecular complexity index is 3800. The van der Waals surface area contributed by atoms with E-state index in [1.54, 1.807) is 0 Å². The molecule has 13 aromatic rings. The number of hydrogen-bond acceptors (Lipinski definition) is 2. The van der Waals surface area contributed by atoms with Crippen molar-refractivity contribution in [2.24, 2.45) is 0 Å². The molecule has 58 heavy (non-hydrogen) atoms. The van der Waals surface area contributed by atoms with E-state index in [-0.39, 0.29) is 0 Å². The number of benzene rings is 11. The lowest BCUT2D eigenvalue weighted by Crippen LogP contribution is -1.92. The van der Waals surface area contributed by atoms with Crippen LogP contribution in [-0.4, -0.2) is 0 Å². The van der Waals surface area contributed by atoms with Crippen molar-refractivity contribution in [1.29, 1.82) is 0 Å². The van der Waals surface area contributed by atoms with Crippen LogP contribution in [0.25, 0.3) is 128 Å². The van der Waals surface area contributed by atoms with E-state index < -0.39 is 0 Å². The van der Waals surface area contributed by atoms with Crippen molar-refractivity contribution < 1.29 is 0 Å². The van der Waals surface area contributed by atoms with Gasteiger partial charge in [-0.1, -0.05) is 152 Å². The Morgan fingerprint density at radius 3 is 1.43 bits per heavy atom. The lowest BCUT2D eigenvalue weighted by molar-refractivity contribution is 1.66. The molecule has 0 N–H and O–H groups in total. The van der Waals surface area contributed by atoms with Crippen LogP contribution in [0.5, 0.6) is 0 Å². The first-order valence-corrected chi connectivity index (χ1v) is 21.5. The van der Waals surface area contributed by atoms with Gasteiger partial charge in [-0.15, -0.1) is 22.7 Å². The lowest BCUT2D eigenvalue weighted by Gasteiger charge is -2.20. The molecule has 0 aliphatic heterocycles. The summed E-state index contributed by atoms with van der Waals surface area (Å²) in [4.78, 5) is 0. The van der Waals surface area contributed by atoms with E-state index >= 15 is 0 Å². The van der Waals surface area contributed by atoms with Gasteiger partial charge in [0, 0.05) is 40.3 Å². The van der Waals surface area contributed by atoms with Gasteiger partial charge in [0.2, 0.25) is 0 Å². The molecule has 0 radical (unpaired) electrons. The molecule has 0 saturated heterocycles. The molecule has 0 aliphatic carbocycles. The van der Waals surface area contributed by atoms with Crippen LogP contribution in [0.1, 0.15) is 0 Å². The highest BCUT2D eigenvalue weighted by Gasteiger charge is 2.20. The van der Waals surface area contributed by atoms with Crippen molar-refractivity contribution in [3.63, 3.8) is 0 Å². The van der Waals surface area contributed by atoms with Crippen LogP contribution >= 0.6 is 22.7 Å². The van der Waals surface area contributed by atoms with Crippen LogP contribution < -0.4 is 0 Å². The van der Waals surface area contributed by atoms with Crippen molar-refractivity contribution in [3.8, 4) is 33.4 Å². The van der Waals surface area contributed by atoms with E-state index in [1.807, 2.05) is 22.7 Å². The fourth-order valence-corrected chi connectivity index (χ4v) is 12.0. The standard InChI is InChI=1S/C56H32S2/c1-2-12-34-27-37(24-21-33(34)11-1)55-43-16-5-7-18-45(43)56(46-19-8-6-17-44(46)55)47-26-25-39(40-13-3-4-14-41(40)47)36-23-22-35-30-52-48(29-38(35)28-36)50-32-53-49(31-54(50)58-52)42-15-9-10-20-51(42)57-53/h1-32H. The zero-order chi connectivity index (χ0) is 37.9. The molecule has 0 spiro atoms. The van der Waals surface area contributed by atoms with Crippen LogP contribution in [0, 0.1) is 0 Å². The monoisotopic (exact) mass is 768 g/mol. The number of hydrogen-bond donors (Lipinski definition) is 0. The summed E-state index contributed by atoms with van der Waals surface area (Å²) in [5.74, 6) is 0. The minimum atomic E-state index is 1.24. The molecule has 0 unspecified atom stereocenters. The third-order valence-electron chi connectivity index (χ3n) is 12.4. The van der Waals surface area contributed by atoms with E-state index in [1.165, 1.54) is 128 Å². The van der Waals surface area contributed by atoms with E-state index in [9.17, 15) is 0 Å². The Hall–Kier alpha value is -6.84. The molecule has 268 valence electrons. The van der Waals surface area contributed by atoms with Crippen LogP contribution in [0.3, 0.4) is 0 Å². The van der Waals surface area contributed by atoms with Gasteiger partial charge in [0.25, 0.3) is 0 Å². The predicted molar refractivity (Wildman–Crippen MR) is 256 cm³/mol. The number of thiophene rings is 2. The highest BCUT2D eigenvalue weighted by Crippen LogP contribution is 2.48. The highest BCUT2D eigenvalue weighted by atomic mass is 32.1. The average Bonchev–Trinajstić information content (AvgIpc) is 3.82. The van der Waals surface area contributed by atoms with Crippen molar-refractivity contribution in [2.45, 2.75) is 0 Å². The Balaban J connectivity index is 0.998. The molecule has 11 aromatic carbocycles. The minimum absolute atomic E-state index is 1.24. The minimum Gasteiger partial charge on any atom is -0.135 e. The molecule has 0 saturated carbocycles. The summed E-state index contributed by atoms with van der Waals surface area (Å²) in [6.07, 6.45) is 0. The van der Waals surface area contributed by atoms with E-state index in [4.69, 9.17) is 0 Å². The van der Waals surface area contributed by atoms with Crippen molar-refractivity contribution in [3.05, 3.63) is 194 Å². The largest absolute Gasteiger partial charge is 0.135 e. The van der Waals surface area contributed by atoms with Gasteiger partial charge < -0.3 is 0 Å². The maximum Gasteiger partial charge on any atom is 0.0362 e. The van der Waals surface area contributed by atoms with Crippen LogP contribution in [0.4, 0.5) is 0 Å². The first-order chi connectivity index (χ1) is 28.7. The molecule has 0 amide bonds. The second-order valence-corrected chi connectivity index (χ2v) is 17.7. The molecule has 2 heteroatoms. The third-order valence-corrected chi connectivity index (χ3v) is 14.7. The molecular weight excluding hydrogens is 737 g/mol. The first kappa shape index (κ1) is 32.3. The SMILES string of the molecule is c1ccc2cc(-c3c4ccccc4c(-c4ccc(-c5ccc6cc7sc8cc9c(cc8c7cc6c5)sc5ccccc59)c5ccccc45)c4ccccc34)ccc2c1. The Labute approximate surface area is 342 Å². The Kier molecular flexibility index (Phi) is 6.86. The van der Waals surface area contributed by atoms with Gasteiger partial charge in [-0.05, 0) is 130 Å². The summed E-state index contributed by atoms with van der Waals surface area (Å²) >= 11 is 3.81. The second-order valence-electron chi connectivity index (χ2n) is 15.6. The quantitative estimate of drug-likeness (QED) is 0.157. The van der Waals surface area contributed by atoms with Crippen LogP contribution in [-0.2, 0) is 0 Å². The van der Waals surface area contributed by atoms with E-state index in [2.05, 4.69) is 194 Å². The zero-order valence-electron chi connectivity index (χ0n) is 31.3. The number of rotatable bonds is 3. The first-order valence-electron chi connectivity index (χ1n) is 19.9. The van der Waals surface area contributed by atoms with Gasteiger partial charge in [-0.25, -0.2) is 0 Å². The van der Waals surface area contributed by atoms with Gasteiger partial charge >= 0.3 is 0 Å². The summed E-state index contributed by atoms with van der Waals surface area (Å²) in [5, 5.41) is 18.1. The van der Waals surface area contributed by atoms with Crippen LogP contribution in [0.15, 0.2) is 194 Å². The molecule has 0 bridgehead atoms. The molecule has 13 rings (SSSR count). The molecule has 2 aromatic heterocycles. The maximum absolute atomic E-state index is 2.43. The zero-order valence-corrected chi connectivity index (χ0v) is 32.9. The predicted octanol–water partition coefficient (Wildman–Crippen LogP) is 17.2. The van der Waals surface area contributed by atoms with E-state index in [0.29, 0.717) is 0 Å². The fraction of sp³-hybridized carbons (Fsp3) is 0. The normalized spacial score (nSPS) is 12.1. The summed E-state index contributed by atoms with van der Waals surface area (Å²) in [7, 11) is 0. The summed E-state index contributed by atoms with van der Waals surface area (Å²) in [6, 6.07) is 72.8. The molecule has 2 heterocycles. The average molecular weight is 769 g/mol. The smallest absolute Gasteiger partial charge is 0.0362 e. The van der Waals surface area contributed by atoms with Gasteiger partial charge in [0.1, 0.15) is 0 Å². The molecule has 0 aliphatic rings. The van der Waals surface area contributed by atoms with Crippen molar-refractivity contribution in [2.75, 3.05) is 0 Å². The molecule has 0 fully saturated rings. The topological polar surface area (TPSA) is 0 Å². The maximum atomic E-state index is 2.43. The van der Waals surface area contributed by atoms with Crippen molar-refractivity contribution >= 4 is 117 Å². The summed E-state index contributed by atoms with van der Waals surface area (Å²) < 4.78 is 5.41. The molecule has 0 atom stereocenters. The fourth-order valence-electron chi connectivity index (χ4n) is 9.75. The summed E-state index contributed by atoms with van der Waals surface area (Å²) in [5.41, 5.74) is 7.58. The van der Waals surface area contributed by atoms with Gasteiger partial charge in [0.15, 0.2) is 0 Å². The highest BCUT2D eigenvalue weighted by molar-refractivity contribution is 7.27. The Morgan fingerprint density at radius 2 is 0.690 bits per heavy atom. The van der Waals surface area contributed by atoms with Gasteiger partial charge in [-0.3, -0.25) is 0 Å². The van der Waals surface area contributed by atoms with Crippen LogP contribution in [0.2, 0.25) is 0 Å². The lowest BCUT2D eigenvalue weighted by atomic mass is 9.83. The molecule has 0 nitrogen and oxygen atoms in total. The third kappa shape index (κ3) is 4.74. The van der Waals surface area contributed by atoms with E-state index in [0.717, 1.165) is 0 Å². The Morgan fingerprint density at radius 1 is 0.224 bits per heavy atom. The van der Waals surface area contributed by atoms with Gasteiger partial charge in [0.05, 0.1) is 0 Å². The molecular formula is C56H32S2. The van der Waals surface area contributed by atoms with Crippen molar-refractivity contribution in [1.82, 2.24) is 0 Å². The second kappa shape index (κ2) is 12.3. The summed E-state index contributed by atoms with van der Waals surface area (Å²) in [6.45, 7) is 0. The number of fused-ring (bicyclic) bond motifs is 11.